The number of hydrogen-bond donors (Lipinski definition) is 0. The normalized spacial score (nSPS) is 20.8. The van der Waals surface area contributed by atoms with Crippen LogP contribution in [-0.2, 0) is 20.9 Å². The molecule has 2 aliphatic heterocycles. The third kappa shape index (κ3) is 4.28. The van der Waals surface area contributed by atoms with E-state index in [0.29, 0.717) is 31.5 Å². The van der Waals surface area contributed by atoms with E-state index in [2.05, 4.69) is 0 Å². The van der Waals surface area contributed by atoms with E-state index in [0.717, 1.165) is 18.5 Å². The highest BCUT2D eigenvalue weighted by molar-refractivity contribution is 5.94. The van der Waals surface area contributed by atoms with Gasteiger partial charge in [0.05, 0.1) is 6.54 Å². The monoisotopic (exact) mass is 375 g/mol. The van der Waals surface area contributed by atoms with Gasteiger partial charge in [-0.05, 0) is 49.9 Å². The number of aryl methyl sites for hydroxylation is 1. The number of rotatable bonds is 6. The fraction of sp³-hybridized carbons (Fsp3) is 0.550. The van der Waals surface area contributed by atoms with Crippen LogP contribution in [0.1, 0.15) is 37.3 Å². The van der Waals surface area contributed by atoms with Crippen molar-refractivity contribution in [2.75, 3.05) is 26.2 Å². The summed E-state index contributed by atoms with van der Waals surface area (Å²) in [4.78, 5) is 41.9. The lowest BCUT2D eigenvalue weighted by Crippen LogP contribution is -2.58. The molecule has 3 amide bonds. The molecule has 1 aromatic rings. The molecule has 0 aromatic heterocycles. The van der Waals surface area contributed by atoms with Gasteiger partial charge in [0.1, 0.15) is 11.9 Å². The third-order valence-electron chi connectivity index (χ3n) is 5.46. The van der Waals surface area contributed by atoms with E-state index in [1.807, 2.05) is 11.8 Å². The second-order valence-corrected chi connectivity index (χ2v) is 7.37. The first kappa shape index (κ1) is 19.3. The molecule has 0 N–H and O–H groups in total. The smallest absolute Gasteiger partial charge is 0.245 e. The van der Waals surface area contributed by atoms with Crippen LogP contribution in [-0.4, -0.2) is 64.6 Å². The first-order valence-corrected chi connectivity index (χ1v) is 9.48. The predicted molar refractivity (Wildman–Crippen MR) is 98.2 cm³/mol. The summed E-state index contributed by atoms with van der Waals surface area (Å²) in [7, 11) is 0. The Morgan fingerprint density at radius 1 is 1.11 bits per heavy atom. The summed E-state index contributed by atoms with van der Waals surface area (Å²) >= 11 is 0. The van der Waals surface area contributed by atoms with Gasteiger partial charge in [0, 0.05) is 32.6 Å². The van der Waals surface area contributed by atoms with Gasteiger partial charge in [-0.25, -0.2) is 4.39 Å². The van der Waals surface area contributed by atoms with Crippen LogP contribution in [0.2, 0.25) is 0 Å². The van der Waals surface area contributed by atoms with Gasteiger partial charge in [-0.2, -0.15) is 0 Å². The predicted octanol–water partition coefficient (Wildman–Crippen LogP) is 1.71. The van der Waals surface area contributed by atoms with Crippen LogP contribution in [0.15, 0.2) is 18.2 Å². The van der Waals surface area contributed by atoms with Crippen molar-refractivity contribution in [3.63, 3.8) is 0 Å². The molecular weight excluding hydrogens is 349 g/mol. The Bertz CT molecular complexity index is 752. The van der Waals surface area contributed by atoms with Crippen molar-refractivity contribution < 1.29 is 18.8 Å². The van der Waals surface area contributed by atoms with Crippen LogP contribution in [0.5, 0.6) is 0 Å². The highest BCUT2D eigenvalue weighted by Crippen LogP contribution is 2.19. The molecule has 1 atom stereocenters. The Kier molecular flexibility index (Phi) is 5.77. The number of amides is 3. The molecule has 2 aliphatic rings. The second kappa shape index (κ2) is 8.06. The van der Waals surface area contributed by atoms with Crippen molar-refractivity contribution in [2.45, 2.75) is 45.7 Å². The van der Waals surface area contributed by atoms with E-state index in [1.165, 1.54) is 17.0 Å². The largest absolute Gasteiger partial charge is 0.343 e. The fourth-order valence-electron chi connectivity index (χ4n) is 3.75. The number of hydrogen-bond acceptors (Lipinski definition) is 3. The highest BCUT2D eigenvalue weighted by Gasteiger charge is 2.36. The third-order valence-corrected chi connectivity index (χ3v) is 5.46. The lowest BCUT2D eigenvalue weighted by molar-refractivity contribution is -0.155. The van der Waals surface area contributed by atoms with Crippen molar-refractivity contribution in [1.29, 1.82) is 0 Å². The van der Waals surface area contributed by atoms with Gasteiger partial charge in [0.2, 0.25) is 17.7 Å². The fourth-order valence-corrected chi connectivity index (χ4v) is 3.75. The molecule has 7 heteroatoms. The van der Waals surface area contributed by atoms with E-state index in [-0.39, 0.29) is 36.6 Å². The highest BCUT2D eigenvalue weighted by atomic mass is 19.1. The maximum atomic E-state index is 13.5. The molecule has 146 valence electrons. The van der Waals surface area contributed by atoms with Crippen LogP contribution in [0.4, 0.5) is 4.39 Å². The number of benzene rings is 1. The van der Waals surface area contributed by atoms with E-state index in [1.54, 1.807) is 17.9 Å². The van der Waals surface area contributed by atoms with Crippen molar-refractivity contribution in [1.82, 2.24) is 14.7 Å². The quantitative estimate of drug-likeness (QED) is 0.760. The molecule has 0 saturated carbocycles. The first-order chi connectivity index (χ1) is 12.9. The zero-order chi connectivity index (χ0) is 19.6. The SMILES string of the molecule is Cc1ccc(F)cc1CN1C(=O)CN(CCCN2CCCC2=O)C(=O)[C@@H]1C. The van der Waals surface area contributed by atoms with Crippen molar-refractivity contribution in [2.24, 2.45) is 0 Å². The molecule has 0 spiro atoms. The molecule has 0 unspecified atom stereocenters. The summed E-state index contributed by atoms with van der Waals surface area (Å²) < 4.78 is 13.5. The zero-order valence-electron chi connectivity index (χ0n) is 15.9. The minimum Gasteiger partial charge on any atom is -0.343 e. The average Bonchev–Trinajstić information content (AvgIpc) is 3.04. The van der Waals surface area contributed by atoms with Crippen molar-refractivity contribution >= 4 is 17.7 Å². The summed E-state index contributed by atoms with van der Waals surface area (Å²) in [5, 5.41) is 0. The number of carbonyl (C=O) groups is 3. The number of likely N-dealkylation sites (tertiary alicyclic amines) is 1. The number of carbonyl (C=O) groups excluding carboxylic acids is 3. The molecule has 1 aromatic carbocycles. The average molecular weight is 375 g/mol. The molecule has 0 aliphatic carbocycles. The molecule has 2 fully saturated rings. The van der Waals surface area contributed by atoms with E-state index in [4.69, 9.17) is 0 Å². The molecule has 0 radical (unpaired) electrons. The van der Waals surface area contributed by atoms with Gasteiger partial charge in [-0.15, -0.1) is 0 Å². The van der Waals surface area contributed by atoms with E-state index in [9.17, 15) is 18.8 Å². The Balaban J connectivity index is 1.58. The Morgan fingerprint density at radius 3 is 2.56 bits per heavy atom. The summed E-state index contributed by atoms with van der Waals surface area (Å²) in [5.41, 5.74) is 1.60. The van der Waals surface area contributed by atoms with Crippen molar-refractivity contribution in [3.05, 3.63) is 35.1 Å². The van der Waals surface area contributed by atoms with Crippen LogP contribution >= 0.6 is 0 Å². The maximum absolute atomic E-state index is 13.5. The Hall–Kier alpha value is -2.44. The molecule has 27 heavy (non-hydrogen) atoms. The van der Waals surface area contributed by atoms with Gasteiger partial charge in [0.25, 0.3) is 0 Å². The molecule has 0 bridgehead atoms. The van der Waals surface area contributed by atoms with E-state index >= 15 is 0 Å². The van der Waals surface area contributed by atoms with Crippen LogP contribution < -0.4 is 0 Å². The van der Waals surface area contributed by atoms with Crippen LogP contribution in [0.3, 0.4) is 0 Å². The Labute approximate surface area is 158 Å². The topological polar surface area (TPSA) is 60.9 Å². The van der Waals surface area contributed by atoms with Crippen LogP contribution in [0, 0.1) is 12.7 Å². The number of piperazine rings is 1. The standard InChI is InChI=1S/C20H26FN3O3/c1-14-6-7-17(21)11-16(14)12-24-15(2)20(27)23(13-19(24)26)10-4-9-22-8-3-5-18(22)25/h6-7,11,15H,3-5,8-10,12-13H2,1-2H3/t15-/m0/s1. The summed E-state index contributed by atoms with van der Waals surface area (Å²) in [5.74, 6) is -0.419. The number of nitrogens with zero attached hydrogens (tertiary/aromatic N) is 3. The van der Waals surface area contributed by atoms with Crippen LogP contribution in [0.25, 0.3) is 0 Å². The minimum atomic E-state index is -0.581. The molecule has 2 heterocycles. The number of halogens is 1. The van der Waals surface area contributed by atoms with Gasteiger partial charge in [-0.1, -0.05) is 6.07 Å². The molecule has 6 nitrogen and oxygen atoms in total. The van der Waals surface area contributed by atoms with Crippen molar-refractivity contribution in [3.8, 4) is 0 Å². The first-order valence-electron chi connectivity index (χ1n) is 9.48. The van der Waals surface area contributed by atoms with Gasteiger partial charge >= 0.3 is 0 Å². The summed E-state index contributed by atoms with van der Waals surface area (Å²) in [6.45, 7) is 5.70. The zero-order valence-corrected chi connectivity index (χ0v) is 15.9. The van der Waals surface area contributed by atoms with Gasteiger partial charge < -0.3 is 14.7 Å². The van der Waals surface area contributed by atoms with E-state index < -0.39 is 6.04 Å². The summed E-state index contributed by atoms with van der Waals surface area (Å²) in [6.07, 6.45) is 2.17. The second-order valence-electron chi connectivity index (χ2n) is 7.37. The maximum Gasteiger partial charge on any atom is 0.245 e. The molecular formula is C20H26FN3O3. The summed E-state index contributed by atoms with van der Waals surface area (Å²) in [6, 6.07) is 3.90. The Morgan fingerprint density at radius 2 is 1.85 bits per heavy atom. The molecule has 2 saturated heterocycles. The minimum absolute atomic E-state index is 0.0332. The van der Waals surface area contributed by atoms with Gasteiger partial charge in [-0.3, -0.25) is 14.4 Å². The van der Waals surface area contributed by atoms with Gasteiger partial charge in [0.15, 0.2) is 0 Å². The molecule has 3 rings (SSSR count). The lowest BCUT2D eigenvalue weighted by Gasteiger charge is -2.39. The lowest BCUT2D eigenvalue weighted by atomic mass is 10.1.